The highest BCUT2D eigenvalue weighted by Gasteiger charge is 1.90. The van der Waals surface area contributed by atoms with Crippen molar-refractivity contribution in [2.75, 3.05) is 13.1 Å². The number of halogens is 1. The highest BCUT2D eigenvalue weighted by Crippen LogP contribution is 2.06. The van der Waals surface area contributed by atoms with Crippen molar-refractivity contribution in [2.24, 2.45) is 10.8 Å². The van der Waals surface area contributed by atoms with Gasteiger partial charge in [-0.2, -0.15) is 0 Å². The van der Waals surface area contributed by atoms with E-state index in [4.69, 9.17) is 11.3 Å². The lowest BCUT2D eigenvalue weighted by Gasteiger charge is -1.99. The molecule has 0 saturated carbocycles. The summed E-state index contributed by atoms with van der Waals surface area (Å²) in [5.41, 5.74) is 13.4. The van der Waals surface area contributed by atoms with Gasteiger partial charge < -0.3 is 5.73 Å². The number of hydrogen-bond acceptors (Lipinski definition) is 2. The Morgan fingerprint density at radius 2 is 1.43 bits per heavy atom. The number of rotatable bonds is 9. The first-order valence-corrected chi connectivity index (χ1v) is 5.12. The Balaban J connectivity index is 0. The van der Waals surface area contributed by atoms with Crippen molar-refractivity contribution in [2.45, 2.75) is 44.9 Å². The zero-order valence-electron chi connectivity index (χ0n) is 8.69. The molecule has 0 rings (SSSR count). The van der Waals surface area contributed by atoms with E-state index in [2.05, 4.69) is 10.0 Å². The molecule has 0 amide bonds. The van der Waals surface area contributed by atoms with E-state index in [-0.39, 0.29) is 12.4 Å². The van der Waals surface area contributed by atoms with Crippen LogP contribution < -0.4 is 5.73 Å². The van der Waals surface area contributed by atoms with Crippen molar-refractivity contribution in [3.63, 3.8) is 0 Å². The second kappa shape index (κ2) is 15.1. The van der Waals surface area contributed by atoms with E-state index in [9.17, 15) is 0 Å². The Labute approximate surface area is 92.3 Å². The number of nitrogens with zero attached hydrogens (tertiary/aromatic N) is 3. The molecule has 2 N–H and O–H groups in total. The van der Waals surface area contributed by atoms with E-state index < -0.39 is 0 Å². The molecule has 0 aliphatic rings. The fourth-order valence-electron chi connectivity index (χ4n) is 1.26. The third-order valence-corrected chi connectivity index (χ3v) is 2.03. The molecule has 0 fully saturated rings. The summed E-state index contributed by atoms with van der Waals surface area (Å²) in [6, 6.07) is 0. The Morgan fingerprint density at radius 3 is 1.93 bits per heavy atom. The maximum Gasteiger partial charge on any atom is 0.0257 e. The minimum absolute atomic E-state index is 0. The van der Waals surface area contributed by atoms with Crippen LogP contribution in [0.3, 0.4) is 0 Å². The highest BCUT2D eigenvalue weighted by atomic mass is 35.5. The van der Waals surface area contributed by atoms with Gasteiger partial charge in [-0.15, -0.1) is 12.4 Å². The van der Waals surface area contributed by atoms with E-state index in [1.165, 1.54) is 32.1 Å². The molecule has 0 atom stereocenters. The molecule has 4 nitrogen and oxygen atoms in total. The number of azide groups is 1. The Hall–Kier alpha value is -0.440. The molecule has 0 aliphatic heterocycles. The van der Waals surface area contributed by atoms with Crippen LogP contribution in [0.2, 0.25) is 0 Å². The van der Waals surface area contributed by atoms with Crippen LogP contribution in [0.25, 0.3) is 10.4 Å². The van der Waals surface area contributed by atoms with Crippen molar-refractivity contribution in [3.8, 4) is 0 Å². The lowest BCUT2D eigenvalue weighted by molar-refractivity contribution is 0.584. The molecule has 0 aromatic carbocycles. The zero-order chi connectivity index (χ0) is 9.78. The maximum absolute atomic E-state index is 8.01. The number of unbranched alkanes of at least 4 members (excludes halogenated alkanes) is 6. The lowest BCUT2D eigenvalue weighted by atomic mass is 10.1. The van der Waals surface area contributed by atoms with Crippen LogP contribution in [0, 0.1) is 0 Å². The molecule has 0 aliphatic carbocycles. The number of hydrogen-bond donors (Lipinski definition) is 1. The van der Waals surface area contributed by atoms with E-state index in [0.717, 1.165) is 19.4 Å². The van der Waals surface area contributed by atoms with Gasteiger partial charge >= 0.3 is 0 Å². The SMILES string of the molecule is Cl.[N-]=[N+]=NCCCCCCCCCN. The molecule has 0 heterocycles. The van der Waals surface area contributed by atoms with Crippen molar-refractivity contribution < 1.29 is 0 Å². The normalized spacial score (nSPS) is 8.93. The molecule has 14 heavy (non-hydrogen) atoms. The average molecular weight is 221 g/mol. The van der Waals surface area contributed by atoms with Gasteiger partial charge in [0.1, 0.15) is 0 Å². The molecular formula is C9H21ClN4. The van der Waals surface area contributed by atoms with Crippen LogP contribution in [0.5, 0.6) is 0 Å². The minimum atomic E-state index is 0. The van der Waals surface area contributed by atoms with Crippen LogP contribution in [-0.4, -0.2) is 13.1 Å². The van der Waals surface area contributed by atoms with Gasteiger partial charge in [0.05, 0.1) is 0 Å². The largest absolute Gasteiger partial charge is 0.330 e. The second-order valence-corrected chi connectivity index (χ2v) is 3.22. The van der Waals surface area contributed by atoms with Crippen molar-refractivity contribution in [3.05, 3.63) is 10.4 Å². The third kappa shape index (κ3) is 14.1. The summed E-state index contributed by atoms with van der Waals surface area (Å²) < 4.78 is 0. The first kappa shape index (κ1) is 16.0. The summed E-state index contributed by atoms with van der Waals surface area (Å²) in [5, 5.41) is 3.48. The summed E-state index contributed by atoms with van der Waals surface area (Å²) in [4.78, 5) is 2.71. The van der Waals surface area contributed by atoms with Crippen LogP contribution in [0.1, 0.15) is 44.9 Å². The van der Waals surface area contributed by atoms with Crippen LogP contribution in [0.15, 0.2) is 5.11 Å². The summed E-state index contributed by atoms with van der Waals surface area (Å²) in [6.07, 6.45) is 8.45. The van der Waals surface area contributed by atoms with Crippen LogP contribution in [-0.2, 0) is 0 Å². The fourth-order valence-corrected chi connectivity index (χ4v) is 1.26. The highest BCUT2D eigenvalue weighted by molar-refractivity contribution is 5.85. The molecule has 0 bridgehead atoms. The van der Waals surface area contributed by atoms with Gasteiger partial charge in [0.2, 0.25) is 0 Å². The predicted molar refractivity (Wildman–Crippen MR) is 62.6 cm³/mol. The van der Waals surface area contributed by atoms with E-state index in [0.29, 0.717) is 6.54 Å². The smallest absolute Gasteiger partial charge is 0.0257 e. The van der Waals surface area contributed by atoms with Crippen LogP contribution in [0.4, 0.5) is 0 Å². The molecule has 84 valence electrons. The zero-order valence-corrected chi connectivity index (χ0v) is 9.51. The fraction of sp³-hybridized carbons (Fsp3) is 1.00. The summed E-state index contributed by atoms with van der Waals surface area (Å²) in [6.45, 7) is 1.47. The molecule has 0 spiro atoms. The molecule has 0 aromatic rings. The van der Waals surface area contributed by atoms with Crippen LogP contribution >= 0.6 is 12.4 Å². The summed E-state index contributed by atoms with van der Waals surface area (Å²) >= 11 is 0. The maximum atomic E-state index is 8.01. The molecule has 5 heteroatoms. The predicted octanol–water partition coefficient (Wildman–Crippen LogP) is 3.41. The van der Waals surface area contributed by atoms with Crippen molar-refractivity contribution in [1.82, 2.24) is 0 Å². The molecule has 0 unspecified atom stereocenters. The van der Waals surface area contributed by atoms with E-state index in [1.54, 1.807) is 0 Å². The van der Waals surface area contributed by atoms with Crippen molar-refractivity contribution >= 4 is 12.4 Å². The van der Waals surface area contributed by atoms with Gasteiger partial charge in [-0.05, 0) is 24.9 Å². The molecule has 0 saturated heterocycles. The Bertz CT molecular complexity index is 146. The lowest BCUT2D eigenvalue weighted by Crippen LogP contribution is -1.97. The van der Waals surface area contributed by atoms with Gasteiger partial charge in [-0.3, -0.25) is 0 Å². The van der Waals surface area contributed by atoms with Gasteiger partial charge in [-0.1, -0.05) is 37.2 Å². The second-order valence-electron chi connectivity index (χ2n) is 3.22. The first-order chi connectivity index (χ1) is 6.41. The third-order valence-electron chi connectivity index (χ3n) is 2.03. The topological polar surface area (TPSA) is 74.8 Å². The van der Waals surface area contributed by atoms with E-state index in [1.807, 2.05) is 0 Å². The molecular weight excluding hydrogens is 200 g/mol. The number of nitrogens with two attached hydrogens (primary N) is 1. The monoisotopic (exact) mass is 220 g/mol. The Kier molecular flexibility index (Phi) is 17.2. The Morgan fingerprint density at radius 1 is 0.929 bits per heavy atom. The average Bonchev–Trinajstić information content (AvgIpc) is 2.16. The summed E-state index contributed by atoms with van der Waals surface area (Å²) in [7, 11) is 0. The quantitative estimate of drug-likeness (QED) is 0.275. The summed E-state index contributed by atoms with van der Waals surface area (Å²) in [5.74, 6) is 0. The van der Waals surface area contributed by atoms with Gasteiger partial charge in [0.15, 0.2) is 0 Å². The minimum Gasteiger partial charge on any atom is -0.330 e. The standard InChI is InChI=1S/C9H20N4.ClH/c10-8-6-4-2-1-3-5-7-9-12-13-11;/h1-10H2;1H. The van der Waals surface area contributed by atoms with Crippen molar-refractivity contribution in [1.29, 1.82) is 0 Å². The molecule has 0 radical (unpaired) electrons. The molecule has 0 aromatic heterocycles. The van der Waals surface area contributed by atoms with Gasteiger partial charge in [0.25, 0.3) is 0 Å². The van der Waals surface area contributed by atoms with Gasteiger partial charge in [0, 0.05) is 11.5 Å². The van der Waals surface area contributed by atoms with Gasteiger partial charge in [-0.25, -0.2) is 0 Å². The first-order valence-electron chi connectivity index (χ1n) is 5.12. The van der Waals surface area contributed by atoms with E-state index >= 15 is 0 Å².